The summed E-state index contributed by atoms with van der Waals surface area (Å²) in [7, 11) is 0. The maximum atomic E-state index is 8.86. The molecule has 0 radical (unpaired) electrons. The largest absolute Gasteiger partial charge is 0.411 e. The average Bonchev–Trinajstić information content (AvgIpc) is 2.18. The van der Waals surface area contributed by atoms with Gasteiger partial charge in [-0.3, -0.25) is 0 Å². The molecule has 0 aliphatic rings. The van der Waals surface area contributed by atoms with Crippen LogP contribution in [0.3, 0.4) is 0 Å². The molecule has 1 rings (SSSR count). The number of hydrogen-bond donors (Lipinski definition) is 1. The summed E-state index contributed by atoms with van der Waals surface area (Å²) in [6, 6.07) is 7.50. The highest BCUT2D eigenvalue weighted by Crippen LogP contribution is 2.19. The Bertz CT molecular complexity index is 389. The number of rotatable bonds is 2. The third-order valence-corrected chi connectivity index (χ3v) is 2.02. The van der Waals surface area contributed by atoms with E-state index < -0.39 is 0 Å². The Morgan fingerprint density at radius 2 is 2.21 bits per heavy atom. The molecule has 0 heterocycles. The van der Waals surface area contributed by atoms with Crippen LogP contribution in [0.15, 0.2) is 23.4 Å². The molecule has 1 aromatic rings. The van der Waals surface area contributed by atoms with E-state index in [1.54, 1.807) is 12.1 Å². The van der Waals surface area contributed by atoms with Crippen LogP contribution >= 0.6 is 0 Å². The molecule has 0 atom stereocenters. The lowest BCUT2D eigenvalue weighted by molar-refractivity contribution is 0.322. The second-order valence-electron chi connectivity index (χ2n) is 3.36. The first kappa shape index (κ1) is 10.3. The lowest BCUT2D eigenvalue weighted by atomic mass is 9.96. The monoisotopic (exact) mass is 188 g/mol. The minimum absolute atomic E-state index is 0.289. The van der Waals surface area contributed by atoms with Crippen molar-refractivity contribution in [1.29, 1.82) is 5.26 Å². The quantitative estimate of drug-likeness (QED) is 0.440. The first-order chi connectivity index (χ1) is 6.69. The van der Waals surface area contributed by atoms with Crippen molar-refractivity contribution < 1.29 is 5.21 Å². The molecule has 1 N–H and O–H groups in total. The van der Waals surface area contributed by atoms with Crippen LogP contribution in [0, 0.1) is 11.3 Å². The standard InChI is InChI=1S/C11H12N2O/c1-8(2)11-5-9(7-13-14)3-4-10(11)6-12/h3-5,7-8,14H,1-2H3/b13-7+. The minimum atomic E-state index is 0.289. The second-order valence-corrected chi connectivity index (χ2v) is 3.36. The van der Waals surface area contributed by atoms with Crippen LogP contribution in [0.2, 0.25) is 0 Å². The number of oxime groups is 1. The lowest BCUT2D eigenvalue weighted by Gasteiger charge is -2.07. The molecule has 0 bridgehead atoms. The second kappa shape index (κ2) is 4.43. The van der Waals surface area contributed by atoms with Gasteiger partial charge in [-0.15, -0.1) is 0 Å². The summed E-state index contributed by atoms with van der Waals surface area (Å²) in [6.45, 7) is 4.05. The van der Waals surface area contributed by atoms with Crippen LogP contribution in [-0.2, 0) is 0 Å². The van der Waals surface area contributed by atoms with E-state index in [1.165, 1.54) is 6.21 Å². The van der Waals surface area contributed by atoms with Crippen molar-refractivity contribution in [2.45, 2.75) is 19.8 Å². The van der Waals surface area contributed by atoms with Gasteiger partial charge in [-0.05, 0) is 29.2 Å². The Labute approximate surface area is 83.3 Å². The van der Waals surface area contributed by atoms with Gasteiger partial charge in [0.2, 0.25) is 0 Å². The highest BCUT2D eigenvalue weighted by atomic mass is 16.4. The molecule has 0 aromatic heterocycles. The fourth-order valence-corrected chi connectivity index (χ4v) is 1.31. The van der Waals surface area contributed by atoms with Crippen molar-refractivity contribution in [2.75, 3.05) is 0 Å². The summed E-state index contributed by atoms with van der Waals surface area (Å²) in [6.07, 6.45) is 1.35. The van der Waals surface area contributed by atoms with Crippen molar-refractivity contribution in [3.8, 4) is 6.07 Å². The van der Waals surface area contributed by atoms with Crippen LogP contribution in [0.5, 0.6) is 0 Å². The van der Waals surface area contributed by atoms with Gasteiger partial charge in [-0.1, -0.05) is 25.1 Å². The molecular formula is C11H12N2O. The Kier molecular flexibility index (Phi) is 3.24. The van der Waals surface area contributed by atoms with Gasteiger partial charge in [-0.25, -0.2) is 0 Å². The third kappa shape index (κ3) is 2.11. The molecule has 72 valence electrons. The fraction of sp³-hybridized carbons (Fsp3) is 0.273. The van der Waals surface area contributed by atoms with Gasteiger partial charge in [0.15, 0.2) is 0 Å². The van der Waals surface area contributed by atoms with Crippen LogP contribution in [-0.4, -0.2) is 11.4 Å². The summed E-state index contributed by atoms with van der Waals surface area (Å²) in [4.78, 5) is 0. The minimum Gasteiger partial charge on any atom is -0.411 e. The maximum absolute atomic E-state index is 8.86. The molecule has 0 aliphatic carbocycles. The number of hydrogen-bond acceptors (Lipinski definition) is 3. The molecule has 0 fully saturated rings. The first-order valence-corrected chi connectivity index (χ1v) is 4.40. The van der Waals surface area contributed by atoms with E-state index in [-0.39, 0.29) is 5.92 Å². The van der Waals surface area contributed by atoms with Crippen molar-refractivity contribution in [3.63, 3.8) is 0 Å². The first-order valence-electron chi connectivity index (χ1n) is 4.40. The van der Waals surface area contributed by atoms with E-state index in [4.69, 9.17) is 10.5 Å². The lowest BCUT2D eigenvalue weighted by Crippen LogP contribution is -1.94. The summed E-state index contributed by atoms with van der Waals surface area (Å²) in [5.74, 6) is 0.289. The predicted molar refractivity (Wildman–Crippen MR) is 54.6 cm³/mol. The average molecular weight is 188 g/mol. The SMILES string of the molecule is CC(C)c1cc(/C=N/O)ccc1C#N. The van der Waals surface area contributed by atoms with Gasteiger partial charge in [0, 0.05) is 0 Å². The molecule has 0 unspecified atom stereocenters. The zero-order valence-corrected chi connectivity index (χ0v) is 8.23. The van der Waals surface area contributed by atoms with Gasteiger partial charge in [0.25, 0.3) is 0 Å². The van der Waals surface area contributed by atoms with Crippen molar-refractivity contribution in [2.24, 2.45) is 5.16 Å². The maximum Gasteiger partial charge on any atom is 0.0994 e. The normalized spacial score (nSPS) is 10.7. The fourth-order valence-electron chi connectivity index (χ4n) is 1.31. The van der Waals surface area contributed by atoms with Crippen molar-refractivity contribution >= 4 is 6.21 Å². The molecule has 0 saturated heterocycles. The van der Waals surface area contributed by atoms with Crippen LogP contribution in [0.4, 0.5) is 0 Å². The molecule has 0 spiro atoms. The van der Waals surface area contributed by atoms with Gasteiger partial charge < -0.3 is 5.21 Å². The summed E-state index contributed by atoms with van der Waals surface area (Å²) >= 11 is 0. The molecule has 0 saturated carbocycles. The van der Waals surface area contributed by atoms with E-state index in [0.717, 1.165) is 11.1 Å². The van der Waals surface area contributed by atoms with Crippen LogP contribution < -0.4 is 0 Å². The van der Waals surface area contributed by atoms with E-state index in [9.17, 15) is 0 Å². The Morgan fingerprint density at radius 1 is 1.50 bits per heavy atom. The van der Waals surface area contributed by atoms with Gasteiger partial charge in [0.05, 0.1) is 17.8 Å². The zero-order valence-electron chi connectivity index (χ0n) is 8.23. The molecule has 1 aromatic carbocycles. The zero-order chi connectivity index (χ0) is 10.6. The van der Waals surface area contributed by atoms with Crippen LogP contribution in [0.1, 0.15) is 36.5 Å². The van der Waals surface area contributed by atoms with Gasteiger partial charge in [-0.2, -0.15) is 5.26 Å². The molecule has 0 aliphatic heterocycles. The summed E-state index contributed by atoms with van der Waals surface area (Å²) in [5.41, 5.74) is 2.45. The van der Waals surface area contributed by atoms with E-state index in [2.05, 4.69) is 11.2 Å². The number of benzene rings is 1. The van der Waals surface area contributed by atoms with Gasteiger partial charge >= 0.3 is 0 Å². The highest BCUT2D eigenvalue weighted by molar-refractivity contribution is 5.79. The van der Waals surface area contributed by atoms with Crippen LogP contribution in [0.25, 0.3) is 0 Å². The predicted octanol–water partition coefficient (Wildman–Crippen LogP) is 2.49. The van der Waals surface area contributed by atoms with Gasteiger partial charge in [0.1, 0.15) is 0 Å². The Hall–Kier alpha value is -1.82. The number of nitriles is 1. The number of nitrogens with zero attached hydrogens (tertiary/aromatic N) is 2. The summed E-state index contributed by atoms with van der Waals surface area (Å²) in [5, 5.41) is 20.2. The summed E-state index contributed by atoms with van der Waals surface area (Å²) < 4.78 is 0. The Balaban J connectivity index is 3.22. The van der Waals surface area contributed by atoms with E-state index in [0.29, 0.717) is 5.56 Å². The van der Waals surface area contributed by atoms with E-state index >= 15 is 0 Å². The molecule has 3 heteroatoms. The highest BCUT2D eigenvalue weighted by Gasteiger charge is 2.06. The smallest absolute Gasteiger partial charge is 0.0994 e. The molecular weight excluding hydrogens is 176 g/mol. The molecule has 3 nitrogen and oxygen atoms in total. The Morgan fingerprint density at radius 3 is 2.71 bits per heavy atom. The molecule has 0 amide bonds. The molecule has 14 heavy (non-hydrogen) atoms. The third-order valence-electron chi connectivity index (χ3n) is 2.02. The topological polar surface area (TPSA) is 56.4 Å². The van der Waals surface area contributed by atoms with Crippen molar-refractivity contribution in [1.82, 2.24) is 0 Å². The van der Waals surface area contributed by atoms with E-state index in [1.807, 2.05) is 19.9 Å². The van der Waals surface area contributed by atoms with Crippen molar-refractivity contribution in [3.05, 3.63) is 34.9 Å².